The standard InChI is InChI=1S/C22H16BrClF3N3O4/c1-33-20-9-14(8-17(23)21(20)34-12-13-2-5-16(24)6-3-13)11-28-29-18-7-4-15(22(25,26)27)10-19(18)30(31)32/h2-11,29H,12H2,1H3/b28-11-. The van der Waals surface area contributed by atoms with E-state index in [1.54, 1.807) is 24.3 Å². The molecule has 0 unspecified atom stereocenters. The molecule has 0 saturated carbocycles. The lowest BCUT2D eigenvalue weighted by Crippen LogP contribution is -2.06. The number of ether oxygens (including phenoxy) is 2. The molecule has 0 spiro atoms. The molecular weight excluding hydrogens is 543 g/mol. The molecule has 0 aliphatic carbocycles. The van der Waals surface area contributed by atoms with Gasteiger partial charge >= 0.3 is 6.18 Å². The average Bonchev–Trinajstić information content (AvgIpc) is 2.78. The zero-order valence-electron chi connectivity index (χ0n) is 17.4. The molecule has 7 nitrogen and oxygen atoms in total. The number of hydrogen-bond donors (Lipinski definition) is 1. The molecule has 3 aromatic rings. The van der Waals surface area contributed by atoms with E-state index in [9.17, 15) is 23.3 Å². The maximum atomic E-state index is 12.8. The molecule has 0 amide bonds. The van der Waals surface area contributed by atoms with Crippen LogP contribution < -0.4 is 14.9 Å². The van der Waals surface area contributed by atoms with Crippen molar-refractivity contribution >= 4 is 45.1 Å². The Morgan fingerprint density at radius 1 is 1.18 bits per heavy atom. The number of hydrazone groups is 1. The molecule has 0 aliphatic heterocycles. The van der Waals surface area contributed by atoms with E-state index in [0.717, 1.165) is 17.7 Å². The predicted octanol–water partition coefficient (Wildman–Crippen LogP) is 7.06. The predicted molar refractivity (Wildman–Crippen MR) is 126 cm³/mol. The average molecular weight is 559 g/mol. The fraction of sp³-hybridized carbons (Fsp3) is 0.136. The summed E-state index contributed by atoms with van der Waals surface area (Å²) in [6, 6.07) is 12.6. The summed E-state index contributed by atoms with van der Waals surface area (Å²) in [5.74, 6) is 0.839. The van der Waals surface area contributed by atoms with Crippen molar-refractivity contribution in [2.75, 3.05) is 12.5 Å². The third-order valence-corrected chi connectivity index (χ3v) is 5.31. The van der Waals surface area contributed by atoms with Gasteiger partial charge in [-0.25, -0.2) is 0 Å². The third kappa shape index (κ3) is 6.39. The molecule has 0 radical (unpaired) electrons. The Labute approximate surface area is 205 Å². The van der Waals surface area contributed by atoms with Crippen LogP contribution >= 0.6 is 27.5 Å². The summed E-state index contributed by atoms with van der Waals surface area (Å²) in [5.41, 5.74) is 1.76. The summed E-state index contributed by atoms with van der Waals surface area (Å²) in [7, 11) is 1.46. The van der Waals surface area contributed by atoms with E-state index in [-0.39, 0.29) is 12.3 Å². The Kier molecular flexibility index (Phi) is 8.00. The number of alkyl halides is 3. The van der Waals surface area contributed by atoms with E-state index in [1.165, 1.54) is 13.3 Å². The summed E-state index contributed by atoms with van der Waals surface area (Å²) in [6.45, 7) is 0.263. The van der Waals surface area contributed by atoms with Crippen LogP contribution in [0, 0.1) is 10.1 Å². The van der Waals surface area contributed by atoms with Crippen LogP contribution in [0.4, 0.5) is 24.5 Å². The molecule has 34 heavy (non-hydrogen) atoms. The van der Waals surface area contributed by atoms with E-state index in [2.05, 4.69) is 26.5 Å². The molecule has 0 fully saturated rings. The lowest BCUT2D eigenvalue weighted by atomic mass is 10.1. The van der Waals surface area contributed by atoms with Crippen LogP contribution in [0.5, 0.6) is 11.5 Å². The monoisotopic (exact) mass is 557 g/mol. The van der Waals surface area contributed by atoms with Crippen LogP contribution in [-0.4, -0.2) is 18.2 Å². The molecule has 0 heterocycles. The Morgan fingerprint density at radius 3 is 2.50 bits per heavy atom. The summed E-state index contributed by atoms with van der Waals surface area (Å²) < 4.78 is 50.3. The highest BCUT2D eigenvalue weighted by Gasteiger charge is 2.33. The first-order chi connectivity index (χ1) is 16.1. The van der Waals surface area contributed by atoms with E-state index < -0.39 is 22.4 Å². The van der Waals surface area contributed by atoms with Crippen LogP contribution in [0.15, 0.2) is 64.2 Å². The summed E-state index contributed by atoms with van der Waals surface area (Å²) in [6.07, 6.45) is -3.37. The summed E-state index contributed by atoms with van der Waals surface area (Å²) in [5, 5.41) is 15.7. The quantitative estimate of drug-likeness (QED) is 0.182. The molecule has 0 aromatic heterocycles. The molecule has 0 bridgehead atoms. The highest BCUT2D eigenvalue weighted by Crippen LogP contribution is 2.37. The Bertz CT molecular complexity index is 1220. The van der Waals surface area contributed by atoms with Crippen LogP contribution in [0.2, 0.25) is 5.02 Å². The second-order valence-corrected chi connectivity index (χ2v) is 8.10. The van der Waals surface area contributed by atoms with Crippen molar-refractivity contribution < 1.29 is 27.6 Å². The lowest BCUT2D eigenvalue weighted by molar-refractivity contribution is -0.384. The topological polar surface area (TPSA) is 86.0 Å². The molecule has 0 aliphatic rings. The zero-order chi connectivity index (χ0) is 24.9. The molecule has 1 N–H and O–H groups in total. The SMILES string of the molecule is COc1cc(/C=N\Nc2ccc(C(F)(F)F)cc2[N+](=O)[O-])cc(Br)c1OCc1ccc(Cl)cc1. The normalized spacial score (nSPS) is 11.5. The number of hydrogen-bond acceptors (Lipinski definition) is 6. The van der Waals surface area contributed by atoms with E-state index in [4.69, 9.17) is 21.1 Å². The number of methoxy groups -OCH3 is 1. The van der Waals surface area contributed by atoms with Crippen molar-refractivity contribution in [1.82, 2.24) is 0 Å². The molecule has 0 saturated heterocycles. The maximum absolute atomic E-state index is 12.8. The number of halogens is 5. The minimum absolute atomic E-state index is 0.191. The van der Waals surface area contributed by atoms with Crippen molar-refractivity contribution in [3.63, 3.8) is 0 Å². The van der Waals surface area contributed by atoms with Gasteiger partial charge in [-0.1, -0.05) is 23.7 Å². The Morgan fingerprint density at radius 2 is 1.88 bits per heavy atom. The van der Waals surface area contributed by atoms with Crippen molar-refractivity contribution in [3.05, 3.63) is 90.9 Å². The van der Waals surface area contributed by atoms with E-state index >= 15 is 0 Å². The number of benzene rings is 3. The van der Waals surface area contributed by atoms with Gasteiger partial charge in [0.1, 0.15) is 12.3 Å². The van der Waals surface area contributed by atoms with Crippen molar-refractivity contribution in [3.8, 4) is 11.5 Å². The van der Waals surface area contributed by atoms with Gasteiger partial charge in [-0.15, -0.1) is 0 Å². The first-order valence-electron chi connectivity index (χ1n) is 9.48. The van der Waals surface area contributed by atoms with Gasteiger partial charge in [0.2, 0.25) is 0 Å². The summed E-state index contributed by atoms with van der Waals surface area (Å²) in [4.78, 5) is 10.3. The van der Waals surface area contributed by atoms with Crippen LogP contribution in [-0.2, 0) is 12.8 Å². The Balaban J connectivity index is 1.77. The highest BCUT2D eigenvalue weighted by molar-refractivity contribution is 9.10. The second kappa shape index (κ2) is 10.7. The summed E-state index contributed by atoms with van der Waals surface area (Å²) >= 11 is 9.30. The van der Waals surface area contributed by atoms with Crippen molar-refractivity contribution in [2.45, 2.75) is 12.8 Å². The van der Waals surface area contributed by atoms with E-state index in [1.807, 2.05) is 12.1 Å². The first-order valence-corrected chi connectivity index (χ1v) is 10.6. The van der Waals surface area contributed by atoms with Gasteiger partial charge < -0.3 is 9.47 Å². The van der Waals surface area contributed by atoms with Gasteiger partial charge in [-0.2, -0.15) is 18.3 Å². The number of anilines is 1. The molecule has 12 heteroatoms. The largest absolute Gasteiger partial charge is 0.493 e. The third-order valence-electron chi connectivity index (χ3n) is 4.47. The van der Waals surface area contributed by atoms with Crippen LogP contribution in [0.1, 0.15) is 16.7 Å². The first kappa shape index (κ1) is 25.3. The van der Waals surface area contributed by atoms with Crippen molar-refractivity contribution in [1.29, 1.82) is 0 Å². The number of nitro groups is 1. The van der Waals surface area contributed by atoms with Crippen molar-refractivity contribution in [2.24, 2.45) is 5.10 Å². The lowest BCUT2D eigenvalue weighted by Gasteiger charge is -2.13. The van der Waals surface area contributed by atoms with Gasteiger partial charge in [-0.3, -0.25) is 15.5 Å². The maximum Gasteiger partial charge on any atom is 0.416 e. The molecule has 3 aromatic carbocycles. The number of nitrogens with one attached hydrogen (secondary N) is 1. The minimum Gasteiger partial charge on any atom is -0.493 e. The Hall–Kier alpha value is -3.31. The molecule has 178 valence electrons. The van der Waals surface area contributed by atoms with Gasteiger partial charge in [0.05, 0.1) is 28.3 Å². The molecule has 3 rings (SSSR count). The smallest absolute Gasteiger partial charge is 0.416 e. The fourth-order valence-electron chi connectivity index (χ4n) is 2.82. The molecule has 0 atom stereocenters. The second-order valence-electron chi connectivity index (χ2n) is 6.81. The highest BCUT2D eigenvalue weighted by atomic mass is 79.9. The van der Waals surface area contributed by atoms with Gasteiger partial charge in [0, 0.05) is 11.1 Å². The van der Waals surface area contributed by atoms with Crippen LogP contribution in [0.3, 0.4) is 0 Å². The minimum atomic E-state index is -4.70. The number of rotatable bonds is 8. The fourth-order valence-corrected chi connectivity index (χ4v) is 3.52. The van der Waals surface area contributed by atoms with Gasteiger partial charge in [0.25, 0.3) is 5.69 Å². The zero-order valence-corrected chi connectivity index (χ0v) is 19.7. The number of nitro benzene ring substituents is 1. The van der Waals surface area contributed by atoms with Gasteiger partial charge in [-0.05, 0) is 63.5 Å². The van der Waals surface area contributed by atoms with E-state index in [0.29, 0.717) is 32.6 Å². The molecular formula is C22H16BrClF3N3O4. The number of nitrogens with zero attached hydrogens (tertiary/aromatic N) is 2. The van der Waals surface area contributed by atoms with Gasteiger partial charge in [0.15, 0.2) is 11.5 Å². The van der Waals surface area contributed by atoms with Crippen LogP contribution in [0.25, 0.3) is 0 Å².